The summed E-state index contributed by atoms with van der Waals surface area (Å²) in [6.07, 6.45) is -71.4. The Kier molecular flexibility index (Phi) is 26.2. The van der Waals surface area contributed by atoms with Gasteiger partial charge in [-0.25, -0.2) is 0 Å². The maximum absolute atomic E-state index is 11.7. The van der Waals surface area contributed by atoms with Gasteiger partial charge < -0.3 is 185 Å². The summed E-state index contributed by atoms with van der Waals surface area (Å²) in [6, 6.07) is -2.94. The molecule has 0 amide bonds. The molecule has 21 heterocycles. The van der Waals surface area contributed by atoms with E-state index in [4.69, 9.17) is 77.8 Å². The number of carboxylic acid groups (broad SMARTS) is 2. The molecule has 37 atom stereocenters. The maximum atomic E-state index is 11.7. The summed E-state index contributed by atoms with van der Waals surface area (Å²) in [6.45, 7) is -5.43. The Labute approximate surface area is 511 Å². The third kappa shape index (κ3) is 15.9. The van der Waals surface area contributed by atoms with Gasteiger partial charge in [-0.1, -0.05) is 0 Å². The fourth-order valence-corrected chi connectivity index (χ4v) is 13.2. The van der Waals surface area contributed by atoms with E-state index in [0.717, 1.165) is 23.5 Å². The zero-order chi connectivity index (χ0) is 65.2. The highest BCUT2D eigenvalue weighted by atomic mass is 32.2. The van der Waals surface area contributed by atoms with E-state index in [9.17, 15) is 117 Å². The van der Waals surface area contributed by atoms with E-state index in [1.165, 1.54) is 0 Å². The van der Waals surface area contributed by atoms with Crippen LogP contribution < -0.4 is 11.5 Å². The highest BCUT2D eigenvalue weighted by Gasteiger charge is 2.60. The van der Waals surface area contributed by atoms with Gasteiger partial charge in [-0.2, -0.15) is 23.5 Å². The molecule has 0 aliphatic carbocycles. The van der Waals surface area contributed by atoms with Crippen LogP contribution in [0.3, 0.4) is 0 Å². The monoisotopic (exact) mass is 1340 g/mol. The van der Waals surface area contributed by atoms with Crippen LogP contribution >= 0.6 is 23.5 Å². The minimum Gasteiger partial charge on any atom is -0.480 e. The minimum absolute atomic E-state index is 0.319. The van der Waals surface area contributed by atoms with E-state index in [-0.39, 0.29) is 11.5 Å². The van der Waals surface area contributed by atoms with Crippen molar-refractivity contribution in [3.8, 4) is 0 Å². The normalized spacial score (nSPS) is 50.1. The summed E-state index contributed by atoms with van der Waals surface area (Å²) in [4.78, 5) is 23.2. The number of thioether (sulfide) groups is 2. The SMILES string of the molecule is NC(CSCC1O[C@H]2O[C@@H]3C(CO)O[C@H](O[C@@H]4C(CO)O[C@H](O[C@@H]5C(CO)O[C@H](O[C@@H]6C(CSC[C@@H](N)C(=O)O)O[C@H](O[C@@H]7C(CO)O[C@@H](O[C@@H]8C(CO)O[C@@H](O[C@@H]1[C@H](O)C2O)C(O)[C@H]8O)C(O)[C@H]7O)C(O)[C@H]6O)C(O)[C@H]5O)C(O)[C@H]4O)C(O)[C@H]3O)C(=O)O. The molecule has 15 unspecified atom stereocenters. The third-order valence-electron chi connectivity index (χ3n) is 16.2. The molecule has 89 heavy (non-hydrogen) atoms. The van der Waals surface area contributed by atoms with Crippen molar-refractivity contribution in [3.05, 3.63) is 0 Å². The summed E-state index contributed by atoms with van der Waals surface area (Å²) >= 11 is 1.60. The highest BCUT2D eigenvalue weighted by molar-refractivity contribution is 7.99. The number of aliphatic carboxylic acids is 2. The average molecular weight is 1340 g/mol. The average Bonchev–Trinajstić information content (AvgIpc) is 0.884. The van der Waals surface area contributed by atoms with Gasteiger partial charge >= 0.3 is 11.9 Å². The molecule has 25 N–H and O–H groups in total. The van der Waals surface area contributed by atoms with Gasteiger partial charge in [0.25, 0.3) is 0 Å². The fourth-order valence-electron chi connectivity index (χ4n) is 11.2. The Hall–Kier alpha value is -1.76. The maximum Gasteiger partial charge on any atom is 0.321 e. The molecule has 21 saturated heterocycles. The first-order valence-corrected chi connectivity index (χ1v) is 30.4. The molecule has 0 aromatic heterocycles. The van der Waals surface area contributed by atoms with Crippen molar-refractivity contribution in [2.45, 2.75) is 227 Å². The second-order valence-corrected chi connectivity index (χ2v) is 24.4. The van der Waals surface area contributed by atoms with Gasteiger partial charge in [0.05, 0.1) is 45.2 Å². The lowest BCUT2D eigenvalue weighted by Crippen LogP contribution is -2.68. The minimum atomic E-state index is -2.27. The first-order chi connectivity index (χ1) is 42.2. The predicted octanol–water partition coefficient (Wildman–Crippen LogP) is -14.9. The smallest absolute Gasteiger partial charge is 0.321 e. The number of carbonyl (C=O) groups is 2. The molecular formula is C48H80N2O37S2. The van der Waals surface area contributed by atoms with Crippen LogP contribution in [0.5, 0.6) is 0 Å². The van der Waals surface area contributed by atoms with Crippen LogP contribution in [0.1, 0.15) is 0 Å². The second-order valence-electron chi connectivity index (χ2n) is 22.3. The van der Waals surface area contributed by atoms with Crippen molar-refractivity contribution in [2.75, 3.05) is 56.0 Å². The Morgan fingerprint density at radius 1 is 0.281 bits per heavy atom. The van der Waals surface area contributed by atoms with E-state index in [1.807, 2.05) is 0 Å². The van der Waals surface area contributed by atoms with Crippen molar-refractivity contribution in [1.82, 2.24) is 0 Å². The van der Waals surface area contributed by atoms with Crippen LogP contribution in [0.25, 0.3) is 0 Å². The Morgan fingerprint density at radius 2 is 0.438 bits per heavy atom. The topological polar surface area (TPSA) is 640 Å². The third-order valence-corrected chi connectivity index (χ3v) is 18.5. The van der Waals surface area contributed by atoms with Crippen LogP contribution in [-0.2, 0) is 75.9 Å². The van der Waals surface area contributed by atoms with Crippen LogP contribution in [0.15, 0.2) is 0 Å². The first kappa shape index (κ1) is 73.1. The Balaban J connectivity index is 1.11. The predicted molar refractivity (Wildman–Crippen MR) is 280 cm³/mol. The van der Waals surface area contributed by atoms with Gasteiger partial charge in [-0.15, -0.1) is 0 Å². The van der Waals surface area contributed by atoms with Gasteiger partial charge in [0.1, 0.15) is 171 Å². The molecular weight excluding hydrogens is 1260 g/mol. The molecule has 14 bridgehead atoms. The van der Waals surface area contributed by atoms with Gasteiger partial charge in [-0.3, -0.25) is 9.59 Å². The second kappa shape index (κ2) is 31.9. The van der Waals surface area contributed by atoms with E-state index < -0.39 is 284 Å². The van der Waals surface area contributed by atoms with Gasteiger partial charge in [-0.05, 0) is 0 Å². The van der Waals surface area contributed by atoms with E-state index in [2.05, 4.69) is 0 Å². The van der Waals surface area contributed by atoms with E-state index in [1.54, 1.807) is 0 Å². The standard InChI is InChI=1S/C48H80N2O37S2/c49-10(40(70)71)6-88-8-17-38-25(62)32(69)48(80-17)85-37-16(5-55)76-44(28(65)21(37)58)83-35-14(3-53)78-46(30(67)23(35)60)87-39-18(9-89-7-11(50)41(72)73)79-47(31(68)24(39)61)84-36-15(4-54)75-43(27(64)20(36)57)81-33-12(1-51)74-42(26(63)19(33)56)82-34-13(2-52)77-45(86-38)29(66)22(34)59/h10-39,42-48,51-69H,1-9,49-50H2,(H,70,71)(H,72,73)/t10-,11?,12?,13?,14?,15?,16?,17?,18?,19-,20-,21-,22-,23-,24-,25-,26?,27?,28?,29?,30?,31?,32?,33-,34-,35-,36-,37-,38-,39+,42-,43-,44+,45-,46+,47+,48-/m1/s1. The molecule has 0 spiro atoms. The lowest BCUT2D eigenvalue weighted by atomic mass is 9.95. The lowest BCUT2D eigenvalue weighted by Gasteiger charge is -2.50. The summed E-state index contributed by atoms with van der Waals surface area (Å²) < 4.78 is 81.6. The number of rotatable bonds is 15. The van der Waals surface area contributed by atoms with Crippen LogP contribution in [0.2, 0.25) is 0 Å². The van der Waals surface area contributed by atoms with Crippen molar-refractivity contribution in [2.24, 2.45) is 11.5 Å². The molecule has 21 fully saturated rings. The molecule has 21 rings (SSSR count). The fraction of sp³-hybridized carbons (Fsp3) is 0.958. The van der Waals surface area contributed by atoms with Crippen LogP contribution in [0.4, 0.5) is 0 Å². The molecule has 0 aromatic rings. The number of nitrogens with two attached hydrogens (primary N) is 2. The molecule has 21 aliphatic rings. The quantitative estimate of drug-likeness (QED) is 0.0724. The molecule has 41 heteroatoms. The molecule has 21 aliphatic heterocycles. The van der Waals surface area contributed by atoms with E-state index >= 15 is 0 Å². The summed E-state index contributed by atoms with van der Waals surface area (Å²) in [5.41, 5.74) is 11.4. The van der Waals surface area contributed by atoms with Crippen LogP contribution in [-0.4, -0.2) is 402 Å². The lowest BCUT2D eigenvalue weighted by molar-refractivity contribution is -0.395. The van der Waals surface area contributed by atoms with Crippen LogP contribution in [0, 0.1) is 0 Å². The Bertz CT molecular complexity index is 2200. The molecule has 0 saturated carbocycles. The number of aliphatic hydroxyl groups is 19. The van der Waals surface area contributed by atoms with Gasteiger partial charge in [0.2, 0.25) is 0 Å². The van der Waals surface area contributed by atoms with Crippen molar-refractivity contribution in [3.63, 3.8) is 0 Å². The number of aliphatic hydroxyl groups excluding tert-OH is 19. The number of hydrogen-bond donors (Lipinski definition) is 23. The number of ether oxygens (including phenoxy) is 14. The number of hydrogen-bond acceptors (Lipinski definition) is 39. The first-order valence-electron chi connectivity index (χ1n) is 28.1. The molecule has 516 valence electrons. The summed E-state index contributed by atoms with van der Waals surface area (Å²) in [5, 5.41) is 233. The molecule has 39 nitrogen and oxygen atoms in total. The van der Waals surface area contributed by atoms with Gasteiger partial charge in [0.15, 0.2) is 44.0 Å². The van der Waals surface area contributed by atoms with E-state index in [0.29, 0.717) is 0 Å². The zero-order valence-corrected chi connectivity index (χ0v) is 48.3. The van der Waals surface area contributed by atoms with Crippen molar-refractivity contribution < 1.29 is 183 Å². The largest absolute Gasteiger partial charge is 0.480 e. The highest BCUT2D eigenvalue weighted by Crippen LogP contribution is 2.40. The summed E-state index contributed by atoms with van der Waals surface area (Å²) in [7, 11) is 0. The molecule has 0 aromatic carbocycles. The van der Waals surface area contributed by atoms with Crippen molar-refractivity contribution in [1.29, 1.82) is 0 Å². The summed E-state index contributed by atoms with van der Waals surface area (Å²) in [5.74, 6) is -4.26. The van der Waals surface area contributed by atoms with Gasteiger partial charge in [0, 0.05) is 23.0 Å². The zero-order valence-electron chi connectivity index (χ0n) is 46.6. The van der Waals surface area contributed by atoms with Crippen molar-refractivity contribution >= 4 is 35.5 Å². The Morgan fingerprint density at radius 3 is 0.596 bits per heavy atom. The number of carboxylic acids is 2. The molecule has 0 radical (unpaired) electrons.